The molecular weight excluding hydrogens is 310 g/mol. The fourth-order valence-corrected chi connectivity index (χ4v) is 2.64. The van der Waals surface area contributed by atoms with Gasteiger partial charge in [0.1, 0.15) is 0 Å². The highest BCUT2D eigenvalue weighted by atomic mass is 35.5. The van der Waals surface area contributed by atoms with E-state index in [-0.39, 0.29) is 10.9 Å². The number of rotatable bonds is 5. The molecule has 0 radical (unpaired) electrons. The lowest BCUT2D eigenvalue weighted by atomic mass is 10.1. The van der Waals surface area contributed by atoms with E-state index in [0.29, 0.717) is 11.6 Å². The summed E-state index contributed by atoms with van der Waals surface area (Å²) in [6.45, 7) is 2.50. The maximum Gasteiger partial charge on any atom is 0.238 e. The van der Waals surface area contributed by atoms with Crippen molar-refractivity contribution in [1.82, 2.24) is 10.3 Å². The first-order valence-electron chi connectivity index (χ1n) is 6.32. The Bertz CT molecular complexity index is 735. The van der Waals surface area contributed by atoms with E-state index in [2.05, 4.69) is 10.3 Å². The third-order valence-corrected chi connectivity index (χ3v) is 4.39. The Kier molecular flexibility index (Phi) is 4.95. The maximum absolute atomic E-state index is 11.4. The zero-order chi connectivity index (χ0) is 15.5. The Hall–Kier alpha value is -1.47. The summed E-state index contributed by atoms with van der Waals surface area (Å²) in [5.41, 5.74) is 1.77. The van der Waals surface area contributed by atoms with E-state index >= 15 is 0 Å². The van der Waals surface area contributed by atoms with E-state index in [4.69, 9.17) is 16.7 Å². The predicted octanol–water partition coefficient (Wildman–Crippen LogP) is 2.23. The van der Waals surface area contributed by atoms with Gasteiger partial charge in [-0.3, -0.25) is 4.98 Å². The van der Waals surface area contributed by atoms with Gasteiger partial charge in [0, 0.05) is 25.0 Å². The Morgan fingerprint density at radius 1 is 1.38 bits per heavy atom. The van der Waals surface area contributed by atoms with Gasteiger partial charge in [-0.2, -0.15) is 0 Å². The molecule has 0 fully saturated rings. The number of nitrogens with one attached hydrogen (secondary N) is 1. The van der Waals surface area contributed by atoms with E-state index in [1.165, 1.54) is 6.07 Å². The average Bonchev–Trinajstić information content (AvgIpc) is 2.45. The molecule has 0 spiro atoms. The molecule has 5 nitrogen and oxygen atoms in total. The van der Waals surface area contributed by atoms with Crippen molar-refractivity contribution in [2.45, 2.75) is 24.4 Å². The summed E-state index contributed by atoms with van der Waals surface area (Å²) >= 11 is 6.04. The molecule has 2 aromatic rings. The number of pyridine rings is 1. The second-order valence-electron chi connectivity index (χ2n) is 4.69. The van der Waals surface area contributed by atoms with Crippen LogP contribution in [0.3, 0.4) is 0 Å². The van der Waals surface area contributed by atoms with E-state index in [1.807, 2.05) is 19.1 Å². The van der Waals surface area contributed by atoms with Gasteiger partial charge >= 0.3 is 0 Å². The second-order valence-corrected chi connectivity index (χ2v) is 6.66. The van der Waals surface area contributed by atoms with Crippen LogP contribution >= 0.6 is 11.6 Å². The topological polar surface area (TPSA) is 85.1 Å². The molecular formula is C14H16ClN3O2S. The lowest BCUT2D eigenvalue weighted by Crippen LogP contribution is -2.19. The molecule has 7 heteroatoms. The fraction of sp³-hybridized carbons (Fsp3) is 0.214. The minimum Gasteiger partial charge on any atom is -0.306 e. The second kappa shape index (κ2) is 6.53. The number of halogens is 1. The third kappa shape index (κ3) is 4.25. The van der Waals surface area contributed by atoms with Gasteiger partial charge < -0.3 is 5.32 Å². The van der Waals surface area contributed by atoms with Crippen molar-refractivity contribution in [2.75, 3.05) is 0 Å². The quantitative estimate of drug-likeness (QED) is 0.882. The highest BCUT2D eigenvalue weighted by Crippen LogP contribution is 2.19. The van der Waals surface area contributed by atoms with Crippen molar-refractivity contribution < 1.29 is 8.42 Å². The Labute approximate surface area is 129 Å². The molecule has 1 aromatic heterocycles. The zero-order valence-electron chi connectivity index (χ0n) is 11.5. The van der Waals surface area contributed by atoms with Crippen LogP contribution in [0.4, 0.5) is 0 Å². The first kappa shape index (κ1) is 15.9. The predicted molar refractivity (Wildman–Crippen MR) is 82.3 cm³/mol. The van der Waals surface area contributed by atoms with Crippen molar-refractivity contribution >= 4 is 21.6 Å². The zero-order valence-corrected chi connectivity index (χ0v) is 13.0. The highest BCUT2D eigenvalue weighted by Gasteiger charge is 2.11. The van der Waals surface area contributed by atoms with Crippen molar-refractivity contribution in [1.29, 1.82) is 0 Å². The van der Waals surface area contributed by atoms with E-state index in [0.717, 1.165) is 11.1 Å². The van der Waals surface area contributed by atoms with E-state index in [1.54, 1.807) is 24.5 Å². The Morgan fingerprint density at radius 3 is 2.81 bits per heavy atom. The number of nitrogens with zero attached hydrogens (tertiary/aromatic N) is 1. The van der Waals surface area contributed by atoms with Crippen molar-refractivity contribution in [2.24, 2.45) is 5.14 Å². The Morgan fingerprint density at radius 2 is 2.14 bits per heavy atom. The first-order chi connectivity index (χ1) is 9.88. The van der Waals surface area contributed by atoms with Gasteiger partial charge in [0.15, 0.2) is 0 Å². The van der Waals surface area contributed by atoms with E-state index in [9.17, 15) is 8.42 Å². The van der Waals surface area contributed by atoms with Gasteiger partial charge in [-0.05, 0) is 36.2 Å². The summed E-state index contributed by atoms with van der Waals surface area (Å²) in [4.78, 5) is 4.04. The summed E-state index contributed by atoms with van der Waals surface area (Å²) in [7, 11) is -3.69. The van der Waals surface area contributed by atoms with E-state index < -0.39 is 10.0 Å². The molecule has 1 aromatic carbocycles. The third-order valence-electron chi connectivity index (χ3n) is 3.14. The summed E-state index contributed by atoms with van der Waals surface area (Å²) in [5, 5.41) is 9.02. The molecule has 2 rings (SSSR count). The number of nitrogens with two attached hydrogens (primary N) is 1. The standard InChI is InChI=1S/C14H16ClN3O2S/c1-10(18-8-12-5-6-17-9-14(12)15)11-3-2-4-13(7-11)21(16,19)20/h2-7,9-10,18H,8H2,1H3,(H2,16,19,20). The smallest absolute Gasteiger partial charge is 0.238 e. The van der Waals surface area contributed by atoms with Crippen LogP contribution in [0.25, 0.3) is 0 Å². The van der Waals surface area contributed by atoms with Crippen LogP contribution in [0.5, 0.6) is 0 Å². The van der Waals surface area contributed by atoms with Gasteiger partial charge in [-0.15, -0.1) is 0 Å². The van der Waals surface area contributed by atoms with Crippen molar-refractivity contribution in [3.8, 4) is 0 Å². The molecule has 3 N–H and O–H groups in total. The minimum atomic E-state index is -3.69. The van der Waals surface area contributed by atoms with Crippen LogP contribution in [0.15, 0.2) is 47.6 Å². The van der Waals surface area contributed by atoms with Crippen LogP contribution in [0, 0.1) is 0 Å². The van der Waals surface area contributed by atoms with Crippen molar-refractivity contribution in [3.63, 3.8) is 0 Å². The largest absolute Gasteiger partial charge is 0.306 e. The number of hydrogen-bond acceptors (Lipinski definition) is 4. The van der Waals surface area contributed by atoms with Crippen molar-refractivity contribution in [3.05, 3.63) is 58.9 Å². The van der Waals surface area contributed by atoms with Crippen LogP contribution in [0.2, 0.25) is 5.02 Å². The first-order valence-corrected chi connectivity index (χ1v) is 8.25. The number of primary sulfonamides is 1. The molecule has 0 aliphatic carbocycles. The van der Waals surface area contributed by atoms with Crippen LogP contribution < -0.4 is 10.5 Å². The van der Waals surface area contributed by atoms with Crippen LogP contribution in [-0.4, -0.2) is 13.4 Å². The summed E-state index contributed by atoms with van der Waals surface area (Å²) < 4.78 is 22.7. The molecule has 1 atom stereocenters. The summed E-state index contributed by atoms with van der Waals surface area (Å²) in [6.07, 6.45) is 3.26. The molecule has 21 heavy (non-hydrogen) atoms. The minimum absolute atomic E-state index is 0.0454. The van der Waals surface area contributed by atoms with Gasteiger partial charge in [0.2, 0.25) is 10.0 Å². The number of aromatic nitrogens is 1. The molecule has 0 saturated carbocycles. The number of sulfonamides is 1. The molecule has 0 aliphatic rings. The fourth-order valence-electron chi connectivity index (χ4n) is 1.89. The number of hydrogen-bond donors (Lipinski definition) is 2. The molecule has 0 saturated heterocycles. The number of benzene rings is 1. The molecule has 1 unspecified atom stereocenters. The molecule has 0 amide bonds. The highest BCUT2D eigenvalue weighted by molar-refractivity contribution is 7.89. The normalized spacial score (nSPS) is 13.1. The average molecular weight is 326 g/mol. The lowest BCUT2D eigenvalue weighted by Gasteiger charge is -2.15. The van der Waals surface area contributed by atoms with Crippen LogP contribution in [0.1, 0.15) is 24.1 Å². The summed E-state index contributed by atoms with van der Waals surface area (Å²) in [6, 6.07) is 8.36. The molecule has 112 valence electrons. The van der Waals surface area contributed by atoms with Gasteiger partial charge in [0.25, 0.3) is 0 Å². The van der Waals surface area contributed by atoms with Gasteiger partial charge in [-0.25, -0.2) is 13.6 Å². The molecule has 0 aliphatic heterocycles. The monoisotopic (exact) mass is 325 g/mol. The van der Waals surface area contributed by atoms with Gasteiger partial charge in [0.05, 0.1) is 9.92 Å². The van der Waals surface area contributed by atoms with Crippen LogP contribution in [-0.2, 0) is 16.6 Å². The van der Waals surface area contributed by atoms with Gasteiger partial charge in [-0.1, -0.05) is 23.7 Å². The molecule has 1 heterocycles. The Balaban J connectivity index is 2.11. The maximum atomic E-state index is 11.4. The SMILES string of the molecule is CC(NCc1ccncc1Cl)c1cccc(S(N)(=O)=O)c1. The lowest BCUT2D eigenvalue weighted by molar-refractivity contribution is 0.572. The summed E-state index contributed by atoms with van der Waals surface area (Å²) in [5.74, 6) is 0. The molecule has 0 bridgehead atoms.